The van der Waals surface area contributed by atoms with Gasteiger partial charge in [0, 0.05) is 12.3 Å². The lowest BCUT2D eigenvalue weighted by Crippen LogP contribution is -2.29. The van der Waals surface area contributed by atoms with Gasteiger partial charge in [-0.05, 0) is 30.9 Å². The highest BCUT2D eigenvalue weighted by Crippen LogP contribution is 2.16. The average Bonchev–Trinajstić information content (AvgIpc) is 2.36. The van der Waals surface area contributed by atoms with Crippen LogP contribution in [0.4, 0.5) is 5.69 Å². The number of benzene rings is 1. The van der Waals surface area contributed by atoms with E-state index in [-0.39, 0.29) is 5.91 Å². The Morgan fingerprint density at radius 2 is 1.94 bits per heavy atom. The molecule has 0 saturated heterocycles. The van der Waals surface area contributed by atoms with Crippen molar-refractivity contribution in [3.8, 4) is 0 Å². The molecule has 1 aromatic carbocycles. The SMILES string of the molecule is CCc1ccccc1NC(=O)C(C)OCC(C)C. The minimum Gasteiger partial charge on any atom is -0.368 e. The van der Waals surface area contributed by atoms with Crippen molar-refractivity contribution in [1.29, 1.82) is 0 Å². The first-order valence-electron chi connectivity index (χ1n) is 6.55. The lowest BCUT2D eigenvalue weighted by Gasteiger charge is -2.16. The van der Waals surface area contributed by atoms with Crippen LogP contribution in [-0.2, 0) is 16.0 Å². The average molecular weight is 249 g/mol. The molecule has 3 heteroatoms. The Hall–Kier alpha value is -1.35. The Morgan fingerprint density at radius 1 is 1.28 bits per heavy atom. The highest BCUT2D eigenvalue weighted by Gasteiger charge is 2.14. The van der Waals surface area contributed by atoms with Crippen molar-refractivity contribution in [2.75, 3.05) is 11.9 Å². The summed E-state index contributed by atoms with van der Waals surface area (Å²) in [5.74, 6) is 0.347. The van der Waals surface area contributed by atoms with Crippen molar-refractivity contribution >= 4 is 11.6 Å². The van der Waals surface area contributed by atoms with Crippen LogP contribution in [0, 0.1) is 5.92 Å². The third-order valence-electron chi connectivity index (χ3n) is 2.70. The third-order valence-corrected chi connectivity index (χ3v) is 2.70. The van der Waals surface area contributed by atoms with Crippen LogP contribution in [0.2, 0.25) is 0 Å². The van der Waals surface area contributed by atoms with E-state index < -0.39 is 6.10 Å². The molecule has 0 spiro atoms. The topological polar surface area (TPSA) is 38.3 Å². The molecule has 100 valence electrons. The molecule has 3 nitrogen and oxygen atoms in total. The number of amides is 1. The zero-order valence-corrected chi connectivity index (χ0v) is 11.7. The summed E-state index contributed by atoms with van der Waals surface area (Å²) in [5.41, 5.74) is 2.02. The molecule has 1 aromatic rings. The van der Waals surface area contributed by atoms with Gasteiger partial charge in [0.15, 0.2) is 0 Å². The molecule has 0 bridgehead atoms. The zero-order valence-electron chi connectivity index (χ0n) is 11.7. The van der Waals surface area contributed by atoms with Gasteiger partial charge in [-0.1, -0.05) is 39.0 Å². The predicted octanol–water partition coefficient (Wildman–Crippen LogP) is 3.25. The van der Waals surface area contributed by atoms with Gasteiger partial charge in [0.05, 0.1) is 0 Å². The summed E-state index contributed by atoms with van der Waals surface area (Å²) >= 11 is 0. The van der Waals surface area contributed by atoms with Gasteiger partial charge in [-0.2, -0.15) is 0 Å². The highest BCUT2D eigenvalue weighted by atomic mass is 16.5. The minimum atomic E-state index is -0.419. The van der Waals surface area contributed by atoms with Crippen molar-refractivity contribution < 1.29 is 9.53 Å². The Kier molecular flexibility index (Phi) is 5.86. The summed E-state index contributed by atoms with van der Waals surface area (Å²) in [6.07, 6.45) is 0.481. The maximum atomic E-state index is 12.0. The fourth-order valence-corrected chi connectivity index (χ4v) is 1.60. The van der Waals surface area contributed by atoms with Gasteiger partial charge in [-0.15, -0.1) is 0 Å². The maximum absolute atomic E-state index is 12.0. The molecule has 0 aliphatic heterocycles. The highest BCUT2D eigenvalue weighted by molar-refractivity contribution is 5.94. The van der Waals surface area contributed by atoms with E-state index >= 15 is 0 Å². The molecule has 0 saturated carbocycles. The van der Waals surface area contributed by atoms with Crippen LogP contribution in [0.3, 0.4) is 0 Å². The lowest BCUT2D eigenvalue weighted by atomic mass is 10.1. The summed E-state index contributed by atoms with van der Waals surface area (Å²) in [6, 6.07) is 7.85. The Balaban J connectivity index is 2.58. The van der Waals surface area contributed by atoms with Gasteiger partial charge in [0.2, 0.25) is 0 Å². The second-order valence-corrected chi connectivity index (χ2v) is 4.87. The summed E-state index contributed by atoms with van der Waals surface area (Å²) in [5, 5.41) is 2.92. The number of carbonyl (C=O) groups is 1. The third kappa shape index (κ3) is 4.49. The van der Waals surface area contributed by atoms with E-state index in [2.05, 4.69) is 26.1 Å². The van der Waals surface area contributed by atoms with Crippen molar-refractivity contribution in [2.45, 2.75) is 40.2 Å². The van der Waals surface area contributed by atoms with Crippen LogP contribution >= 0.6 is 0 Å². The van der Waals surface area contributed by atoms with Gasteiger partial charge < -0.3 is 10.1 Å². The second kappa shape index (κ2) is 7.17. The van der Waals surface area contributed by atoms with Gasteiger partial charge in [0.1, 0.15) is 6.10 Å². The van der Waals surface area contributed by atoms with Gasteiger partial charge >= 0.3 is 0 Å². The monoisotopic (exact) mass is 249 g/mol. The van der Waals surface area contributed by atoms with Crippen LogP contribution in [0.5, 0.6) is 0 Å². The van der Waals surface area contributed by atoms with E-state index in [1.807, 2.05) is 24.3 Å². The molecule has 18 heavy (non-hydrogen) atoms. The van der Waals surface area contributed by atoms with E-state index in [9.17, 15) is 4.79 Å². The van der Waals surface area contributed by atoms with Crippen LogP contribution in [0.25, 0.3) is 0 Å². The summed E-state index contributed by atoms with van der Waals surface area (Å²) in [7, 11) is 0. The number of anilines is 1. The Morgan fingerprint density at radius 3 is 2.56 bits per heavy atom. The number of para-hydroxylation sites is 1. The molecular formula is C15H23NO2. The van der Waals surface area contributed by atoms with Gasteiger partial charge in [-0.3, -0.25) is 4.79 Å². The standard InChI is InChI=1S/C15H23NO2/c1-5-13-8-6-7-9-14(13)16-15(17)12(4)18-10-11(2)3/h6-9,11-12H,5,10H2,1-4H3,(H,16,17). The number of ether oxygens (including phenoxy) is 1. The molecule has 0 heterocycles. The molecule has 1 N–H and O–H groups in total. The van der Waals surface area contributed by atoms with Gasteiger partial charge in [-0.25, -0.2) is 0 Å². The smallest absolute Gasteiger partial charge is 0.253 e. The maximum Gasteiger partial charge on any atom is 0.253 e. The Labute approximate surface area is 110 Å². The fraction of sp³-hybridized carbons (Fsp3) is 0.533. The summed E-state index contributed by atoms with van der Waals surface area (Å²) in [4.78, 5) is 12.0. The number of nitrogens with one attached hydrogen (secondary N) is 1. The van der Waals surface area contributed by atoms with Crippen LogP contribution in [0.1, 0.15) is 33.3 Å². The zero-order chi connectivity index (χ0) is 13.5. The molecule has 0 radical (unpaired) electrons. The summed E-state index contributed by atoms with van der Waals surface area (Å²) in [6.45, 7) is 8.59. The Bertz CT molecular complexity index is 388. The summed E-state index contributed by atoms with van der Waals surface area (Å²) < 4.78 is 5.50. The molecule has 1 rings (SSSR count). The molecule has 0 aliphatic carbocycles. The van der Waals surface area contributed by atoms with E-state index in [4.69, 9.17) is 4.74 Å². The molecular weight excluding hydrogens is 226 g/mol. The lowest BCUT2D eigenvalue weighted by molar-refractivity contribution is -0.126. The van der Waals surface area contributed by atoms with Gasteiger partial charge in [0.25, 0.3) is 5.91 Å². The first kappa shape index (κ1) is 14.7. The largest absolute Gasteiger partial charge is 0.368 e. The van der Waals surface area contributed by atoms with E-state index in [1.165, 1.54) is 0 Å². The van der Waals surface area contributed by atoms with Crippen molar-refractivity contribution in [1.82, 2.24) is 0 Å². The molecule has 1 unspecified atom stereocenters. The van der Waals surface area contributed by atoms with Crippen molar-refractivity contribution in [2.24, 2.45) is 5.92 Å². The first-order valence-corrected chi connectivity index (χ1v) is 6.55. The molecule has 1 amide bonds. The minimum absolute atomic E-state index is 0.0865. The predicted molar refractivity (Wildman–Crippen MR) is 74.7 cm³/mol. The quantitative estimate of drug-likeness (QED) is 0.840. The number of aryl methyl sites for hydroxylation is 1. The first-order chi connectivity index (χ1) is 8.54. The van der Waals surface area contributed by atoms with Crippen molar-refractivity contribution in [3.63, 3.8) is 0 Å². The van der Waals surface area contributed by atoms with E-state index in [0.717, 1.165) is 17.7 Å². The van der Waals surface area contributed by atoms with Crippen LogP contribution < -0.4 is 5.32 Å². The second-order valence-electron chi connectivity index (χ2n) is 4.87. The van der Waals surface area contributed by atoms with Crippen molar-refractivity contribution in [3.05, 3.63) is 29.8 Å². The fourth-order valence-electron chi connectivity index (χ4n) is 1.60. The van der Waals surface area contributed by atoms with Crippen LogP contribution in [-0.4, -0.2) is 18.6 Å². The number of hydrogen-bond acceptors (Lipinski definition) is 2. The number of rotatable bonds is 6. The number of carbonyl (C=O) groups excluding carboxylic acids is 1. The van der Waals surface area contributed by atoms with E-state index in [1.54, 1.807) is 6.92 Å². The normalized spacial score (nSPS) is 12.5. The van der Waals surface area contributed by atoms with E-state index in [0.29, 0.717) is 12.5 Å². The number of hydrogen-bond donors (Lipinski definition) is 1. The molecule has 1 atom stereocenters. The van der Waals surface area contributed by atoms with Crippen LogP contribution in [0.15, 0.2) is 24.3 Å². The molecule has 0 fully saturated rings. The molecule has 0 aliphatic rings. The molecule has 0 aromatic heterocycles.